The lowest BCUT2D eigenvalue weighted by atomic mass is 10.1. The maximum atomic E-state index is 12.8. The van der Waals surface area contributed by atoms with Crippen LogP contribution in [-0.2, 0) is 0 Å². The van der Waals surface area contributed by atoms with Crippen molar-refractivity contribution >= 4 is 87.0 Å². The van der Waals surface area contributed by atoms with Gasteiger partial charge in [0.25, 0.3) is 11.8 Å². The number of ketones is 1. The zero-order valence-corrected chi connectivity index (χ0v) is 18.3. The Kier molecular flexibility index (Phi) is 4.85. The first kappa shape index (κ1) is 18.0. The summed E-state index contributed by atoms with van der Waals surface area (Å²) in [7, 11) is 0. The maximum Gasteiger partial charge on any atom is 0.267 e. The molecule has 0 spiro atoms. The van der Waals surface area contributed by atoms with Gasteiger partial charge in [-0.2, -0.15) is 0 Å². The maximum absolute atomic E-state index is 12.8. The highest BCUT2D eigenvalue weighted by atomic mass is 79.9. The quantitative estimate of drug-likeness (QED) is 0.197. The van der Waals surface area contributed by atoms with Gasteiger partial charge in [0.2, 0.25) is 0 Å². The first-order valence-electron chi connectivity index (χ1n) is 6.61. The third-order valence-corrected chi connectivity index (χ3v) is 8.40. The molecular weight excluding hydrogens is 574 g/mol. The molecule has 24 heavy (non-hydrogen) atoms. The van der Waals surface area contributed by atoms with E-state index in [1.54, 1.807) is 24.3 Å². The second-order valence-electron chi connectivity index (χ2n) is 5.05. The minimum absolute atomic E-state index is 0.0812. The summed E-state index contributed by atoms with van der Waals surface area (Å²) in [5, 5.41) is 0. The van der Waals surface area contributed by atoms with Gasteiger partial charge in [0, 0.05) is 23.5 Å². The smallest absolute Gasteiger partial charge is 0.267 e. The predicted octanol–water partition coefficient (Wildman–Crippen LogP) is 5.74. The average molecular weight is 581 g/mol. The van der Waals surface area contributed by atoms with Crippen molar-refractivity contribution in [2.75, 3.05) is 4.90 Å². The molecule has 0 radical (unpaired) electrons. The molecule has 3 rings (SSSR count). The summed E-state index contributed by atoms with van der Waals surface area (Å²) in [5.41, 5.74) is 1.51. The molecule has 0 unspecified atom stereocenters. The fourth-order valence-electron chi connectivity index (χ4n) is 2.43. The number of fused-ring (bicyclic) bond motifs is 1. The average Bonchev–Trinajstić information content (AvgIpc) is 2.82. The molecule has 122 valence electrons. The van der Waals surface area contributed by atoms with E-state index < -0.39 is 11.8 Å². The van der Waals surface area contributed by atoms with E-state index in [0.29, 0.717) is 29.1 Å². The predicted molar refractivity (Wildman–Crippen MR) is 105 cm³/mol. The summed E-state index contributed by atoms with van der Waals surface area (Å²) < 4.78 is 2.30. The number of benzene rings is 2. The van der Waals surface area contributed by atoms with E-state index in [4.69, 9.17) is 0 Å². The molecule has 0 aromatic heterocycles. The number of nitrogens with zero attached hydrogens (tertiary/aromatic N) is 1. The molecule has 0 fully saturated rings. The number of hydrogen-bond donors (Lipinski definition) is 0. The van der Waals surface area contributed by atoms with Crippen LogP contribution in [0.15, 0.2) is 42.2 Å². The second-order valence-corrected chi connectivity index (χ2v) is 8.23. The Labute approximate surface area is 171 Å². The lowest BCUT2D eigenvalue weighted by molar-refractivity contribution is 0.0924. The van der Waals surface area contributed by atoms with E-state index in [0.717, 1.165) is 4.90 Å². The highest BCUT2D eigenvalue weighted by Gasteiger charge is 2.41. The molecule has 1 heterocycles. The summed E-state index contributed by atoms with van der Waals surface area (Å²) in [6.45, 7) is 1.46. The number of hydrogen-bond acceptors (Lipinski definition) is 3. The van der Waals surface area contributed by atoms with Gasteiger partial charge in [-0.05, 0) is 94.9 Å². The van der Waals surface area contributed by atoms with Gasteiger partial charge in [-0.25, -0.2) is 4.90 Å². The van der Waals surface area contributed by atoms with E-state index >= 15 is 0 Å². The molecular formula is C16H7Br4NO3. The monoisotopic (exact) mass is 577 g/mol. The zero-order chi connectivity index (χ0) is 17.8. The molecule has 2 amide bonds. The molecule has 1 aliphatic rings. The molecule has 0 aliphatic carbocycles. The molecule has 0 saturated carbocycles. The molecule has 0 N–H and O–H groups in total. The highest BCUT2D eigenvalue weighted by Crippen LogP contribution is 2.46. The van der Waals surface area contributed by atoms with Crippen molar-refractivity contribution in [2.45, 2.75) is 6.92 Å². The van der Waals surface area contributed by atoms with Crippen molar-refractivity contribution in [3.63, 3.8) is 0 Å². The number of amides is 2. The largest absolute Gasteiger partial charge is 0.295 e. The van der Waals surface area contributed by atoms with E-state index in [2.05, 4.69) is 63.7 Å². The third kappa shape index (κ3) is 2.64. The van der Waals surface area contributed by atoms with Gasteiger partial charge in [-0.3, -0.25) is 14.4 Å². The van der Waals surface area contributed by atoms with Gasteiger partial charge in [0.05, 0.1) is 16.8 Å². The molecule has 8 heteroatoms. The number of halogens is 4. The van der Waals surface area contributed by atoms with Crippen molar-refractivity contribution in [1.29, 1.82) is 0 Å². The van der Waals surface area contributed by atoms with Gasteiger partial charge in [0.15, 0.2) is 5.78 Å². The topological polar surface area (TPSA) is 54.5 Å². The van der Waals surface area contributed by atoms with Gasteiger partial charge in [-0.1, -0.05) is 0 Å². The third-order valence-electron chi connectivity index (χ3n) is 3.63. The van der Waals surface area contributed by atoms with Crippen LogP contribution in [0.3, 0.4) is 0 Å². The van der Waals surface area contributed by atoms with E-state index in [-0.39, 0.29) is 16.9 Å². The van der Waals surface area contributed by atoms with Crippen LogP contribution in [0.4, 0.5) is 5.69 Å². The summed E-state index contributed by atoms with van der Waals surface area (Å²) in [6, 6.07) is 6.36. The van der Waals surface area contributed by atoms with Crippen LogP contribution in [-0.4, -0.2) is 17.6 Å². The summed E-state index contributed by atoms with van der Waals surface area (Å²) in [4.78, 5) is 38.1. The Morgan fingerprint density at radius 3 is 1.58 bits per heavy atom. The Morgan fingerprint density at radius 2 is 1.21 bits per heavy atom. The lowest BCUT2D eigenvalue weighted by Crippen LogP contribution is -2.29. The lowest BCUT2D eigenvalue weighted by Gasteiger charge is -2.14. The normalized spacial score (nSPS) is 13.5. The van der Waals surface area contributed by atoms with Crippen molar-refractivity contribution in [1.82, 2.24) is 0 Å². The van der Waals surface area contributed by atoms with E-state index in [9.17, 15) is 14.4 Å². The van der Waals surface area contributed by atoms with Crippen LogP contribution in [0, 0.1) is 0 Å². The van der Waals surface area contributed by atoms with Crippen LogP contribution in [0.1, 0.15) is 38.0 Å². The summed E-state index contributed by atoms with van der Waals surface area (Å²) in [5.74, 6) is -0.931. The highest BCUT2D eigenvalue weighted by molar-refractivity contribution is 9.15. The molecule has 1 aliphatic heterocycles. The minimum Gasteiger partial charge on any atom is -0.295 e. The second kappa shape index (κ2) is 6.48. The van der Waals surface area contributed by atoms with Gasteiger partial charge in [-0.15, -0.1) is 0 Å². The molecule has 2 aromatic carbocycles. The SMILES string of the molecule is CC(=O)c1ccc(N2C(=O)c3c(Br)c(Br)c(Br)c(Br)c3C2=O)cc1. The van der Waals surface area contributed by atoms with Crippen molar-refractivity contribution in [2.24, 2.45) is 0 Å². The van der Waals surface area contributed by atoms with Crippen LogP contribution in [0.2, 0.25) is 0 Å². The standard InChI is InChI=1S/C16H7Br4NO3/c1-6(22)7-2-4-8(5-3-7)21-15(23)9-10(16(21)24)12(18)14(20)13(19)11(9)17/h2-5H,1H3. The number of anilines is 1. The van der Waals surface area contributed by atoms with Crippen LogP contribution in [0.25, 0.3) is 0 Å². The van der Waals surface area contributed by atoms with Crippen molar-refractivity contribution < 1.29 is 14.4 Å². The number of rotatable bonds is 2. The molecule has 0 saturated heterocycles. The molecule has 2 aromatic rings. The van der Waals surface area contributed by atoms with E-state index in [1.807, 2.05) is 0 Å². The van der Waals surface area contributed by atoms with Crippen molar-refractivity contribution in [3.8, 4) is 0 Å². The first-order valence-corrected chi connectivity index (χ1v) is 9.78. The molecule has 0 atom stereocenters. The number of imide groups is 1. The fraction of sp³-hybridized carbons (Fsp3) is 0.0625. The number of carbonyl (C=O) groups is 3. The van der Waals surface area contributed by atoms with Gasteiger partial charge in [0.1, 0.15) is 0 Å². The van der Waals surface area contributed by atoms with Gasteiger partial charge < -0.3 is 0 Å². The first-order chi connectivity index (χ1) is 11.3. The number of Topliss-reactive ketones (excluding diaryl/α,β-unsaturated/α-hetero) is 1. The Hall–Kier alpha value is -0.830. The van der Waals surface area contributed by atoms with E-state index in [1.165, 1.54) is 6.92 Å². The number of carbonyl (C=O) groups excluding carboxylic acids is 3. The molecule has 0 bridgehead atoms. The fourth-order valence-corrected chi connectivity index (χ4v) is 4.89. The zero-order valence-electron chi connectivity index (χ0n) is 12.0. The Bertz CT molecular complexity index is 875. The van der Waals surface area contributed by atoms with Crippen LogP contribution in [0.5, 0.6) is 0 Å². The van der Waals surface area contributed by atoms with Crippen LogP contribution >= 0.6 is 63.7 Å². The van der Waals surface area contributed by atoms with Crippen LogP contribution < -0.4 is 4.90 Å². The Morgan fingerprint density at radius 1 is 0.792 bits per heavy atom. The molecule has 4 nitrogen and oxygen atoms in total. The summed E-state index contributed by atoms with van der Waals surface area (Å²) >= 11 is 13.5. The Balaban J connectivity index is 2.16. The minimum atomic E-state index is -0.425. The summed E-state index contributed by atoms with van der Waals surface area (Å²) in [6.07, 6.45) is 0. The van der Waals surface area contributed by atoms with Gasteiger partial charge >= 0.3 is 0 Å². The van der Waals surface area contributed by atoms with Crippen molar-refractivity contribution in [3.05, 3.63) is 58.8 Å².